The summed E-state index contributed by atoms with van der Waals surface area (Å²) in [5, 5.41) is 9.59. The van der Waals surface area contributed by atoms with Crippen LogP contribution in [0, 0.1) is 13.8 Å². The van der Waals surface area contributed by atoms with Gasteiger partial charge in [0.2, 0.25) is 15.9 Å². The zero-order chi connectivity index (χ0) is 22.8. The van der Waals surface area contributed by atoms with Gasteiger partial charge in [-0.25, -0.2) is 8.42 Å². The second-order valence-electron chi connectivity index (χ2n) is 7.64. The Morgan fingerprint density at radius 2 is 1.74 bits per heavy atom. The maximum absolute atomic E-state index is 13.0. The maximum Gasteiger partial charge on any atom is 0.246 e. The van der Waals surface area contributed by atoms with Crippen molar-refractivity contribution >= 4 is 26.7 Å². The van der Waals surface area contributed by atoms with Crippen molar-refractivity contribution in [2.75, 3.05) is 13.1 Å². The minimum Gasteiger partial charge on any atom is -0.348 e. The van der Waals surface area contributed by atoms with Crippen LogP contribution in [0.2, 0.25) is 0 Å². The van der Waals surface area contributed by atoms with E-state index in [4.69, 9.17) is 0 Å². The molecule has 0 aliphatic heterocycles. The molecule has 1 unspecified atom stereocenters. The number of nitrogens with zero attached hydrogens (tertiary/aromatic N) is 3. The highest BCUT2D eigenvalue weighted by molar-refractivity contribution is 7.89. The molecule has 166 valence electrons. The molecule has 3 aromatic rings. The van der Waals surface area contributed by atoms with Crippen molar-refractivity contribution in [1.82, 2.24) is 19.4 Å². The zero-order valence-electron chi connectivity index (χ0n) is 18.7. The van der Waals surface area contributed by atoms with Crippen LogP contribution >= 0.6 is 0 Å². The van der Waals surface area contributed by atoms with Gasteiger partial charge in [0, 0.05) is 13.1 Å². The summed E-state index contributed by atoms with van der Waals surface area (Å²) in [5.41, 5.74) is 1.88. The Labute approximate surface area is 184 Å². The average molecular weight is 443 g/mol. The lowest BCUT2D eigenvalue weighted by molar-refractivity contribution is -0.122. The first-order valence-electron chi connectivity index (χ1n) is 10.5. The second kappa shape index (κ2) is 9.20. The number of aromatic nitrogens is 2. The molecule has 7 nitrogen and oxygen atoms in total. The fourth-order valence-corrected chi connectivity index (χ4v) is 5.71. The molecule has 1 heterocycles. The largest absolute Gasteiger partial charge is 0.348 e. The molecule has 0 saturated heterocycles. The molecule has 0 bridgehead atoms. The SMILES string of the molecule is CCN(CC)S(=O)(=O)c1c(C)nn(CC(=O)NC(C)c2ccc3ccccc3c2)c1C. The Hall–Kier alpha value is -2.71. The van der Waals surface area contributed by atoms with Gasteiger partial charge >= 0.3 is 0 Å². The van der Waals surface area contributed by atoms with Crippen LogP contribution in [0.15, 0.2) is 47.4 Å². The van der Waals surface area contributed by atoms with E-state index in [1.165, 1.54) is 8.99 Å². The average Bonchev–Trinajstić information content (AvgIpc) is 3.01. The van der Waals surface area contributed by atoms with E-state index in [1.54, 1.807) is 27.7 Å². The first-order chi connectivity index (χ1) is 14.7. The molecule has 3 rings (SSSR count). The van der Waals surface area contributed by atoms with E-state index >= 15 is 0 Å². The molecule has 0 spiro atoms. The number of fused-ring (bicyclic) bond motifs is 1. The third-order valence-corrected chi connectivity index (χ3v) is 7.87. The topological polar surface area (TPSA) is 84.3 Å². The van der Waals surface area contributed by atoms with E-state index in [2.05, 4.69) is 22.5 Å². The molecule has 0 radical (unpaired) electrons. The number of carbonyl (C=O) groups is 1. The number of aryl methyl sites for hydroxylation is 1. The van der Waals surface area contributed by atoms with Crippen LogP contribution in [-0.4, -0.2) is 41.5 Å². The number of amides is 1. The highest BCUT2D eigenvalue weighted by atomic mass is 32.2. The Bertz CT molecular complexity index is 1200. The Kier molecular flexibility index (Phi) is 6.81. The van der Waals surface area contributed by atoms with Crippen molar-refractivity contribution in [3.8, 4) is 0 Å². The molecular weight excluding hydrogens is 412 g/mol. The molecule has 31 heavy (non-hydrogen) atoms. The first kappa shape index (κ1) is 23.0. The second-order valence-corrected chi connectivity index (χ2v) is 9.52. The summed E-state index contributed by atoms with van der Waals surface area (Å²) in [6.07, 6.45) is 0. The van der Waals surface area contributed by atoms with E-state index in [1.807, 2.05) is 37.3 Å². The molecule has 2 aromatic carbocycles. The van der Waals surface area contributed by atoms with E-state index in [0.29, 0.717) is 24.5 Å². The smallest absolute Gasteiger partial charge is 0.246 e. The van der Waals surface area contributed by atoms with Crippen LogP contribution in [0.5, 0.6) is 0 Å². The third-order valence-electron chi connectivity index (χ3n) is 5.56. The van der Waals surface area contributed by atoms with Gasteiger partial charge in [-0.1, -0.05) is 50.2 Å². The van der Waals surface area contributed by atoms with Gasteiger partial charge < -0.3 is 5.32 Å². The highest BCUT2D eigenvalue weighted by Gasteiger charge is 2.29. The number of hydrogen-bond acceptors (Lipinski definition) is 4. The monoisotopic (exact) mass is 442 g/mol. The Balaban J connectivity index is 1.77. The minimum atomic E-state index is -3.65. The summed E-state index contributed by atoms with van der Waals surface area (Å²) in [5.74, 6) is -0.224. The summed E-state index contributed by atoms with van der Waals surface area (Å²) in [4.78, 5) is 12.9. The maximum atomic E-state index is 13.0. The number of rotatable bonds is 8. The van der Waals surface area contributed by atoms with E-state index < -0.39 is 10.0 Å². The van der Waals surface area contributed by atoms with Gasteiger partial charge in [0.25, 0.3) is 0 Å². The predicted molar refractivity (Wildman–Crippen MR) is 122 cm³/mol. The molecule has 0 saturated carbocycles. The van der Waals surface area contributed by atoms with Crippen molar-refractivity contribution in [1.29, 1.82) is 0 Å². The lowest BCUT2D eigenvalue weighted by Gasteiger charge is -2.18. The molecule has 1 atom stereocenters. The molecule has 0 aliphatic carbocycles. The highest BCUT2D eigenvalue weighted by Crippen LogP contribution is 2.24. The molecule has 1 aromatic heterocycles. The van der Waals surface area contributed by atoms with Crippen LogP contribution in [0.3, 0.4) is 0 Å². The minimum absolute atomic E-state index is 0.0433. The molecule has 1 N–H and O–H groups in total. The van der Waals surface area contributed by atoms with Gasteiger partial charge in [0.05, 0.1) is 17.4 Å². The number of nitrogens with one attached hydrogen (secondary N) is 1. The van der Waals surface area contributed by atoms with E-state index in [-0.39, 0.29) is 23.4 Å². The van der Waals surface area contributed by atoms with Gasteiger partial charge in [-0.05, 0) is 43.2 Å². The van der Waals surface area contributed by atoms with Crippen molar-refractivity contribution in [3.05, 3.63) is 59.4 Å². The van der Waals surface area contributed by atoms with Crippen molar-refractivity contribution < 1.29 is 13.2 Å². The summed E-state index contributed by atoms with van der Waals surface area (Å²) in [6.45, 7) is 9.61. The van der Waals surface area contributed by atoms with Crippen molar-refractivity contribution in [2.45, 2.75) is 52.1 Å². The number of sulfonamides is 1. The van der Waals surface area contributed by atoms with E-state index in [0.717, 1.165) is 16.3 Å². The normalized spacial score (nSPS) is 13.0. The number of hydrogen-bond donors (Lipinski definition) is 1. The van der Waals surface area contributed by atoms with Gasteiger partial charge in [-0.15, -0.1) is 0 Å². The Morgan fingerprint density at radius 3 is 2.39 bits per heavy atom. The van der Waals surface area contributed by atoms with Crippen LogP contribution < -0.4 is 5.32 Å². The molecular formula is C23H30N4O3S. The van der Waals surface area contributed by atoms with E-state index in [9.17, 15) is 13.2 Å². The van der Waals surface area contributed by atoms with Crippen LogP contribution in [0.1, 0.15) is 43.8 Å². The summed E-state index contributed by atoms with van der Waals surface area (Å²) >= 11 is 0. The molecule has 8 heteroatoms. The van der Waals surface area contributed by atoms with Crippen molar-refractivity contribution in [2.24, 2.45) is 0 Å². The Morgan fingerprint density at radius 1 is 1.10 bits per heavy atom. The number of benzene rings is 2. The lowest BCUT2D eigenvalue weighted by atomic mass is 10.0. The molecule has 0 aliphatic rings. The fourth-order valence-electron chi connectivity index (χ4n) is 3.88. The zero-order valence-corrected chi connectivity index (χ0v) is 19.5. The summed E-state index contributed by atoms with van der Waals surface area (Å²) < 4.78 is 28.8. The predicted octanol–water partition coefficient (Wildman–Crippen LogP) is 3.56. The molecule has 1 amide bonds. The third kappa shape index (κ3) is 4.65. The first-order valence-corrected chi connectivity index (χ1v) is 11.9. The van der Waals surface area contributed by atoms with Gasteiger partial charge in [0.15, 0.2) is 0 Å². The number of carbonyl (C=O) groups excluding carboxylic acids is 1. The summed E-state index contributed by atoms with van der Waals surface area (Å²) in [7, 11) is -3.65. The van der Waals surface area contributed by atoms with Crippen LogP contribution in [0.4, 0.5) is 0 Å². The van der Waals surface area contributed by atoms with Gasteiger partial charge in [0.1, 0.15) is 11.4 Å². The standard InChI is InChI=1S/C23H30N4O3S/c1-6-26(7-2)31(29,30)23-17(4)25-27(18(23)5)15-22(28)24-16(3)20-13-12-19-10-8-9-11-21(19)14-20/h8-14,16H,6-7,15H2,1-5H3,(H,24,28). The lowest BCUT2D eigenvalue weighted by Crippen LogP contribution is -2.32. The van der Waals surface area contributed by atoms with Crippen LogP contribution in [0.25, 0.3) is 10.8 Å². The molecule has 0 fully saturated rings. The van der Waals surface area contributed by atoms with Gasteiger partial charge in [-0.3, -0.25) is 9.48 Å². The summed E-state index contributed by atoms with van der Waals surface area (Å²) in [6, 6.07) is 14.0. The quantitative estimate of drug-likeness (QED) is 0.578. The van der Waals surface area contributed by atoms with Gasteiger partial charge in [-0.2, -0.15) is 9.40 Å². The fraction of sp³-hybridized carbons (Fsp3) is 0.391. The van der Waals surface area contributed by atoms with Crippen LogP contribution in [-0.2, 0) is 21.4 Å². The van der Waals surface area contributed by atoms with Crippen molar-refractivity contribution in [3.63, 3.8) is 0 Å².